The van der Waals surface area contributed by atoms with Crippen molar-refractivity contribution in [2.45, 2.75) is 57.5 Å². The topological polar surface area (TPSA) is 88.1 Å². The van der Waals surface area contributed by atoms with Crippen molar-refractivity contribution in [1.29, 1.82) is 0 Å². The zero-order valence-electron chi connectivity index (χ0n) is 15.8. The third-order valence-corrected chi connectivity index (χ3v) is 5.85. The van der Waals surface area contributed by atoms with Gasteiger partial charge in [-0.1, -0.05) is 18.6 Å². The minimum Gasteiger partial charge on any atom is -0.443 e. The van der Waals surface area contributed by atoms with Crippen molar-refractivity contribution in [3.05, 3.63) is 29.8 Å². The maximum Gasteiger partial charge on any atom is 0.428 e. The molecule has 0 aromatic heterocycles. The van der Waals surface area contributed by atoms with Gasteiger partial charge in [-0.2, -0.15) is 9.41 Å². The second kappa shape index (κ2) is 8.18. The van der Waals surface area contributed by atoms with Crippen LogP contribution in [0.3, 0.4) is 0 Å². The number of hydrogen-bond acceptors (Lipinski definition) is 5. The van der Waals surface area contributed by atoms with Crippen LogP contribution < -0.4 is 5.43 Å². The van der Waals surface area contributed by atoms with E-state index in [0.29, 0.717) is 18.8 Å². The molecule has 1 aliphatic heterocycles. The Labute approximate surface area is 155 Å². The zero-order chi connectivity index (χ0) is 19.4. The van der Waals surface area contributed by atoms with Gasteiger partial charge >= 0.3 is 6.09 Å². The van der Waals surface area contributed by atoms with Crippen molar-refractivity contribution in [3.8, 4) is 0 Å². The molecule has 1 amide bonds. The fourth-order valence-electron chi connectivity index (χ4n) is 2.62. The quantitative estimate of drug-likeness (QED) is 0.641. The van der Waals surface area contributed by atoms with Gasteiger partial charge in [-0.05, 0) is 58.2 Å². The van der Waals surface area contributed by atoms with Crippen LogP contribution in [0.15, 0.2) is 34.3 Å². The third kappa shape index (κ3) is 5.54. The molecule has 8 heteroatoms. The molecule has 1 N–H and O–H groups in total. The van der Waals surface area contributed by atoms with E-state index in [1.807, 2.05) is 0 Å². The SMILES string of the molecule is C/C(=N\NC(=O)OC(C)(C)C)c1ccc(S(=O)(=O)N2CCCCC2)cc1. The van der Waals surface area contributed by atoms with Crippen molar-refractivity contribution >= 4 is 21.8 Å². The number of ether oxygens (including phenoxy) is 1. The highest BCUT2D eigenvalue weighted by molar-refractivity contribution is 7.89. The van der Waals surface area contributed by atoms with Crippen molar-refractivity contribution in [2.75, 3.05) is 13.1 Å². The fraction of sp³-hybridized carbons (Fsp3) is 0.556. The first-order valence-electron chi connectivity index (χ1n) is 8.73. The molecule has 26 heavy (non-hydrogen) atoms. The minimum atomic E-state index is -3.45. The number of sulfonamides is 1. The van der Waals surface area contributed by atoms with Crippen LogP contribution in [-0.2, 0) is 14.8 Å². The lowest BCUT2D eigenvalue weighted by Crippen LogP contribution is -2.35. The Kier molecular flexibility index (Phi) is 6.41. The van der Waals surface area contributed by atoms with Crippen molar-refractivity contribution in [2.24, 2.45) is 5.10 Å². The highest BCUT2D eigenvalue weighted by Gasteiger charge is 2.25. The van der Waals surface area contributed by atoms with Gasteiger partial charge in [-0.3, -0.25) is 0 Å². The summed E-state index contributed by atoms with van der Waals surface area (Å²) in [7, 11) is -3.45. The number of nitrogens with one attached hydrogen (secondary N) is 1. The number of carbonyl (C=O) groups excluding carboxylic acids is 1. The second-order valence-electron chi connectivity index (χ2n) is 7.30. The lowest BCUT2D eigenvalue weighted by atomic mass is 10.1. The number of rotatable bonds is 4. The molecule has 1 aliphatic rings. The molecular formula is C18H27N3O4S. The average Bonchev–Trinajstić information content (AvgIpc) is 2.59. The summed E-state index contributed by atoms with van der Waals surface area (Å²) >= 11 is 0. The van der Waals surface area contributed by atoms with Gasteiger partial charge < -0.3 is 4.74 Å². The number of hydrazone groups is 1. The highest BCUT2D eigenvalue weighted by atomic mass is 32.2. The van der Waals surface area contributed by atoms with Crippen LogP contribution in [0.2, 0.25) is 0 Å². The monoisotopic (exact) mass is 381 g/mol. The molecule has 144 valence electrons. The van der Waals surface area contributed by atoms with Crippen LogP contribution in [0.1, 0.15) is 52.5 Å². The van der Waals surface area contributed by atoms with E-state index in [2.05, 4.69) is 10.5 Å². The first kappa shape index (κ1) is 20.4. The normalized spacial score (nSPS) is 17.0. The Morgan fingerprint density at radius 2 is 1.69 bits per heavy atom. The van der Waals surface area contributed by atoms with Crippen LogP contribution >= 0.6 is 0 Å². The number of hydrogen-bond donors (Lipinski definition) is 1. The first-order valence-corrected chi connectivity index (χ1v) is 10.2. The molecule has 0 unspecified atom stereocenters. The van der Waals surface area contributed by atoms with E-state index < -0.39 is 21.7 Å². The summed E-state index contributed by atoms with van der Waals surface area (Å²) in [5, 5.41) is 3.99. The molecule has 1 aromatic rings. The molecule has 0 bridgehead atoms. The standard InChI is InChI=1S/C18H27N3O4S/c1-14(19-20-17(22)25-18(2,3)4)15-8-10-16(11-9-15)26(23,24)21-12-6-5-7-13-21/h8-11H,5-7,12-13H2,1-4H3,(H,20,22)/b19-14+. The number of nitrogens with zero attached hydrogens (tertiary/aromatic N) is 2. The van der Waals surface area contributed by atoms with E-state index in [1.54, 1.807) is 52.0 Å². The number of benzene rings is 1. The minimum absolute atomic E-state index is 0.274. The Hall–Kier alpha value is -1.93. The molecule has 1 saturated heterocycles. The Balaban J connectivity index is 2.06. The lowest BCUT2D eigenvalue weighted by molar-refractivity contribution is 0.0529. The summed E-state index contributed by atoms with van der Waals surface area (Å²) in [4.78, 5) is 11.9. The van der Waals surface area contributed by atoms with Gasteiger partial charge in [0, 0.05) is 13.1 Å². The molecule has 1 heterocycles. The summed E-state index contributed by atoms with van der Waals surface area (Å²) in [5.74, 6) is 0. The smallest absolute Gasteiger partial charge is 0.428 e. The first-order chi connectivity index (χ1) is 12.1. The van der Waals surface area contributed by atoms with Crippen LogP contribution in [0, 0.1) is 0 Å². The molecule has 0 spiro atoms. The molecular weight excluding hydrogens is 354 g/mol. The van der Waals surface area contributed by atoms with E-state index in [0.717, 1.165) is 24.8 Å². The third-order valence-electron chi connectivity index (χ3n) is 3.94. The molecule has 7 nitrogen and oxygen atoms in total. The molecule has 2 rings (SSSR count). The van der Waals surface area contributed by atoms with Crippen molar-refractivity contribution in [1.82, 2.24) is 9.73 Å². The molecule has 0 saturated carbocycles. The van der Waals surface area contributed by atoms with Crippen LogP contribution in [-0.4, -0.2) is 43.2 Å². The van der Waals surface area contributed by atoms with Gasteiger partial charge in [0.25, 0.3) is 0 Å². The predicted octanol–water partition coefficient (Wildman–Crippen LogP) is 3.11. The summed E-state index contributed by atoms with van der Waals surface area (Å²) in [5.41, 5.74) is 3.01. The maximum absolute atomic E-state index is 12.6. The molecule has 1 fully saturated rings. The predicted molar refractivity (Wildman–Crippen MR) is 101 cm³/mol. The van der Waals surface area contributed by atoms with E-state index >= 15 is 0 Å². The van der Waals surface area contributed by atoms with E-state index in [4.69, 9.17) is 4.74 Å². The number of carbonyl (C=O) groups is 1. The van der Waals surface area contributed by atoms with E-state index in [1.165, 1.54) is 4.31 Å². The van der Waals surface area contributed by atoms with Crippen LogP contribution in [0.5, 0.6) is 0 Å². The Morgan fingerprint density at radius 1 is 1.12 bits per heavy atom. The zero-order valence-corrected chi connectivity index (χ0v) is 16.6. The van der Waals surface area contributed by atoms with Gasteiger partial charge in [0.15, 0.2) is 0 Å². The summed E-state index contributed by atoms with van der Waals surface area (Å²) < 4.78 is 31.9. The van der Waals surface area contributed by atoms with Gasteiger partial charge in [-0.25, -0.2) is 18.6 Å². The molecule has 0 atom stereocenters. The van der Waals surface area contributed by atoms with Gasteiger partial charge in [0.2, 0.25) is 10.0 Å². The summed E-state index contributed by atoms with van der Waals surface area (Å²) in [6.07, 6.45) is 2.24. The van der Waals surface area contributed by atoms with E-state index in [-0.39, 0.29) is 4.90 Å². The van der Waals surface area contributed by atoms with Crippen molar-refractivity contribution in [3.63, 3.8) is 0 Å². The largest absolute Gasteiger partial charge is 0.443 e. The number of amides is 1. The molecule has 0 aliphatic carbocycles. The Morgan fingerprint density at radius 3 is 2.23 bits per heavy atom. The maximum atomic E-state index is 12.6. The lowest BCUT2D eigenvalue weighted by Gasteiger charge is -2.25. The fourth-order valence-corrected chi connectivity index (χ4v) is 4.13. The van der Waals surface area contributed by atoms with Crippen LogP contribution in [0.25, 0.3) is 0 Å². The average molecular weight is 381 g/mol. The van der Waals surface area contributed by atoms with Gasteiger partial charge in [-0.15, -0.1) is 0 Å². The second-order valence-corrected chi connectivity index (χ2v) is 9.24. The van der Waals surface area contributed by atoms with Gasteiger partial charge in [0.05, 0.1) is 10.6 Å². The van der Waals surface area contributed by atoms with Crippen molar-refractivity contribution < 1.29 is 17.9 Å². The van der Waals surface area contributed by atoms with Crippen LogP contribution in [0.4, 0.5) is 4.79 Å². The number of piperidine rings is 1. The van der Waals surface area contributed by atoms with Gasteiger partial charge in [0.1, 0.15) is 5.60 Å². The Bertz CT molecular complexity index is 759. The van der Waals surface area contributed by atoms with E-state index in [9.17, 15) is 13.2 Å². The highest BCUT2D eigenvalue weighted by Crippen LogP contribution is 2.21. The molecule has 0 radical (unpaired) electrons. The summed E-state index contributed by atoms with van der Waals surface area (Å²) in [6.45, 7) is 8.18. The summed E-state index contributed by atoms with van der Waals surface area (Å²) in [6, 6.07) is 6.52. The molecule has 1 aromatic carbocycles.